The number of ether oxygens (including phenoxy) is 4. The molecule has 0 aliphatic heterocycles. The van der Waals surface area contributed by atoms with E-state index in [1.807, 2.05) is 25.1 Å². The second-order valence-corrected chi connectivity index (χ2v) is 16.9. The number of hydrogen-bond donors (Lipinski definition) is 0. The highest BCUT2D eigenvalue weighted by atomic mass is 32.2. The molecular formula is C46H44N2O12S. The Labute approximate surface area is 355 Å². The molecule has 4 aliphatic rings. The summed E-state index contributed by atoms with van der Waals surface area (Å²) in [5.74, 6) is -5.52. The normalized spacial score (nSPS) is 19.8. The van der Waals surface area contributed by atoms with E-state index in [1.165, 1.54) is 12.1 Å². The number of pyridine rings is 1. The van der Waals surface area contributed by atoms with Crippen LogP contribution >= 0.6 is 11.8 Å². The van der Waals surface area contributed by atoms with Crippen molar-refractivity contribution in [3.8, 4) is 22.4 Å². The van der Waals surface area contributed by atoms with Gasteiger partial charge < -0.3 is 18.9 Å². The van der Waals surface area contributed by atoms with Gasteiger partial charge in [0.25, 0.3) is 5.69 Å². The number of rotatable bonds is 15. The summed E-state index contributed by atoms with van der Waals surface area (Å²) in [5, 5.41) is 12.2. The first-order valence-electron chi connectivity index (χ1n) is 20.3. The molecule has 0 saturated heterocycles. The summed E-state index contributed by atoms with van der Waals surface area (Å²) >= 11 is 0.435. The lowest BCUT2D eigenvalue weighted by Crippen LogP contribution is -2.52. The molecule has 0 atom stereocenters. The van der Waals surface area contributed by atoms with E-state index < -0.39 is 80.1 Å². The molecule has 3 aromatic carbocycles. The van der Waals surface area contributed by atoms with Crippen LogP contribution in [0.1, 0.15) is 124 Å². The van der Waals surface area contributed by atoms with Gasteiger partial charge >= 0.3 is 29.8 Å². The van der Waals surface area contributed by atoms with E-state index in [1.54, 1.807) is 50.2 Å². The van der Waals surface area contributed by atoms with Crippen LogP contribution in [0.25, 0.3) is 22.4 Å². The third-order valence-corrected chi connectivity index (χ3v) is 12.1. The van der Waals surface area contributed by atoms with E-state index >= 15 is 0 Å². The second kappa shape index (κ2) is 18.2. The van der Waals surface area contributed by atoms with Gasteiger partial charge in [0.15, 0.2) is 11.3 Å². The van der Waals surface area contributed by atoms with Crippen molar-refractivity contribution < 1.29 is 52.6 Å². The highest BCUT2D eigenvalue weighted by Gasteiger charge is 2.54. The summed E-state index contributed by atoms with van der Waals surface area (Å²) in [6.07, 6.45) is 5.19. The van der Waals surface area contributed by atoms with E-state index in [9.17, 15) is 38.9 Å². The number of carbonyl (C=O) groups is 6. The maximum Gasteiger partial charge on any atom is 0.358 e. The number of nitro benzene ring substituents is 1. The first-order chi connectivity index (χ1) is 29.3. The van der Waals surface area contributed by atoms with Crippen LogP contribution in [0, 0.1) is 27.9 Å². The first-order valence-corrected chi connectivity index (χ1v) is 21.2. The van der Waals surface area contributed by atoms with Gasteiger partial charge in [0, 0.05) is 5.56 Å². The van der Waals surface area contributed by atoms with Gasteiger partial charge in [-0.3, -0.25) is 14.9 Å². The van der Waals surface area contributed by atoms with Crippen LogP contribution in [0.5, 0.6) is 0 Å². The summed E-state index contributed by atoms with van der Waals surface area (Å²) in [6.45, 7) is 4.83. The third kappa shape index (κ3) is 8.97. The fourth-order valence-corrected chi connectivity index (χ4v) is 9.91. The van der Waals surface area contributed by atoms with E-state index in [4.69, 9.17) is 23.9 Å². The zero-order chi connectivity index (χ0) is 43.4. The van der Waals surface area contributed by atoms with Gasteiger partial charge in [0.05, 0.1) is 33.8 Å². The zero-order valence-electron chi connectivity index (χ0n) is 33.9. The molecule has 8 rings (SSSR count). The first kappa shape index (κ1) is 42.9. The Morgan fingerprint density at radius 2 is 1.44 bits per heavy atom. The second-order valence-electron chi connectivity index (χ2n) is 16.1. The quantitative estimate of drug-likeness (QED) is 0.0160. The Morgan fingerprint density at radius 1 is 0.803 bits per heavy atom. The number of hydrogen-bond acceptors (Lipinski definition) is 14. The highest BCUT2D eigenvalue weighted by molar-refractivity contribution is 8.12. The van der Waals surface area contributed by atoms with Crippen LogP contribution in [0.2, 0.25) is 0 Å². The van der Waals surface area contributed by atoms with Crippen molar-refractivity contribution >= 4 is 52.9 Å². The van der Waals surface area contributed by atoms with Crippen LogP contribution in [-0.2, 0) is 23.7 Å². The van der Waals surface area contributed by atoms with Crippen molar-refractivity contribution in [1.29, 1.82) is 0 Å². The molecule has 61 heavy (non-hydrogen) atoms. The lowest BCUT2D eigenvalue weighted by Gasteiger charge is -2.55. The van der Waals surface area contributed by atoms with Crippen LogP contribution < -0.4 is 0 Å². The lowest BCUT2D eigenvalue weighted by molar-refractivity contribution is -0.388. The molecule has 0 N–H and O–H groups in total. The largest absolute Gasteiger partial charge is 0.462 e. The number of benzene rings is 3. The average molecular weight is 849 g/mol. The van der Waals surface area contributed by atoms with E-state index in [2.05, 4.69) is 0 Å². The minimum absolute atomic E-state index is 0.149. The van der Waals surface area contributed by atoms with Crippen LogP contribution in [0.4, 0.5) is 5.69 Å². The number of nitrogens with zero attached hydrogens (tertiary/aromatic N) is 2. The maximum atomic E-state index is 14.9. The van der Waals surface area contributed by atoms with Gasteiger partial charge in [-0.05, 0) is 112 Å². The minimum Gasteiger partial charge on any atom is -0.462 e. The molecule has 0 radical (unpaired) electrons. The van der Waals surface area contributed by atoms with Crippen molar-refractivity contribution in [3.63, 3.8) is 0 Å². The molecule has 316 valence electrons. The predicted octanol–water partition coefficient (Wildman–Crippen LogP) is 9.25. The van der Waals surface area contributed by atoms with Crippen molar-refractivity contribution in [1.82, 2.24) is 4.98 Å². The Bertz CT molecular complexity index is 2380. The Hall–Kier alpha value is -6.22. The van der Waals surface area contributed by atoms with Crippen molar-refractivity contribution in [2.45, 2.75) is 88.7 Å². The van der Waals surface area contributed by atoms with E-state index in [0.29, 0.717) is 78.4 Å². The third-order valence-electron chi connectivity index (χ3n) is 11.4. The van der Waals surface area contributed by atoms with Crippen molar-refractivity contribution in [3.05, 3.63) is 111 Å². The van der Waals surface area contributed by atoms with Crippen molar-refractivity contribution in [2.75, 3.05) is 6.61 Å². The Balaban J connectivity index is 1.49. The molecule has 0 amide bonds. The van der Waals surface area contributed by atoms with Crippen LogP contribution in [-0.4, -0.2) is 63.7 Å². The molecule has 1 aromatic heterocycles. The molecule has 4 fully saturated rings. The maximum absolute atomic E-state index is 14.9. The number of nitro groups is 1. The fourth-order valence-electron chi connectivity index (χ4n) is 9.36. The number of para-hydroxylation sites is 1. The zero-order valence-corrected chi connectivity index (χ0v) is 34.7. The molecule has 4 aromatic rings. The molecule has 4 bridgehead atoms. The number of esters is 5. The molecule has 4 saturated carbocycles. The smallest absolute Gasteiger partial charge is 0.358 e. The molecular weight excluding hydrogens is 805 g/mol. The van der Waals surface area contributed by atoms with Gasteiger partial charge in [0.1, 0.15) is 22.3 Å². The summed E-state index contributed by atoms with van der Waals surface area (Å²) in [5.41, 5.74) is -3.81. The van der Waals surface area contributed by atoms with Crippen molar-refractivity contribution in [2.24, 2.45) is 17.8 Å². The van der Waals surface area contributed by atoms with Gasteiger partial charge in [-0.15, -0.1) is 0 Å². The summed E-state index contributed by atoms with van der Waals surface area (Å²) < 4.78 is 23.1. The Morgan fingerprint density at radius 3 is 2.05 bits per heavy atom. The van der Waals surface area contributed by atoms with Gasteiger partial charge in [-0.1, -0.05) is 74.0 Å². The topological polar surface area (TPSA) is 195 Å². The standard InChI is InChI=1S/C46H44N2O12S/c1-4-5-18-57-42(51)37-35(43(52)59-41(50)33-16-11-17-34(61-25-49)40(33)48(55)56)36(44(53)58-26(2)3)38(32-15-10-9-14-31(32)30-12-7-6-8-13-30)47-39(37)45(54)60-46-22-27-19-28(23-46)21-29(20-27)24-46/h6-17,25-29H,4-5,18-24H2,1-3H3. The number of unbranched alkanes of at least 4 members (excludes halogenated alkanes) is 1. The molecule has 4 aliphatic carbocycles. The molecule has 1 heterocycles. The van der Waals surface area contributed by atoms with Crippen LogP contribution in [0.3, 0.4) is 0 Å². The van der Waals surface area contributed by atoms with Crippen LogP contribution in [0.15, 0.2) is 77.7 Å². The average Bonchev–Trinajstić information content (AvgIpc) is 3.22. The van der Waals surface area contributed by atoms with E-state index in [-0.39, 0.29) is 22.8 Å². The lowest BCUT2D eigenvalue weighted by atomic mass is 9.54. The molecule has 15 heteroatoms. The number of aromatic nitrogens is 1. The fraction of sp³-hybridized carbons (Fsp3) is 0.370. The number of carbonyl (C=O) groups excluding carboxylic acids is 6. The van der Waals surface area contributed by atoms with Gasteiger partial charge in [0.2, 0.25) is 0 Å². The molecule has 0 unspecified atom stereocenters. The Kier molecular flexibility index (Phi) is 12.8. The highest BCUT2D eigenvalue weighted by Crippen LogP contribution is 2.57. The van der Waals surface area contributed by atoms with Gasteiger partial charge in [-0.25, -0.2) is 29.0 Å². The van der Waals surface area contributed by atoms with E-state index in [0.717, 1.165) is 25.3 Å². The minimum atomic E-state index is -1.63. The summed E-state index contributed by atoms with van der Waals surface area (Å²) in [7, 11) is 0. The predicted molar refractivity (Wildman–Crippen MR) is 223 cm³/mol. The molecule has 14 nitrogen and oxygen atoms in total. The monoisotopic (exact) mass is 848 g/mol. The SMILES string of the molecule is CCCCOC(=O)c1c(C(=O)OC23CC4CC(CC(C4)C2)C3)nc(-c2ccccc2-c2ccccc2)c(C(=O)OC(C)C)c1C(=O)OC(=O)c1cccc(SC=O)c1[N+](=O)[O-]. The summed E-state index contributed by atoms with van der Waals surface area (Å²) in [4.78, 5) is 99.8. The molecule has 0 spiro atoms. The summed E-state index contributed by atoms with van der Waals surface area (Å²) in [6, 6.07) is 19.3. The van der Waals surface area contributed by atoms with Gasteiger partial charge in [-0.2, -0.15) is 0 Å². The number of thioether (sulfide) groups is 1.